The zero-order valence-electron chi connectivity index (χ0n) is 11.4. The van der Waals surface area contributed by atoms with Gasteiger partial charge in [0.1, 0.15) is 5.69 Å². The molecule has 1 atom stereocenters. The maximum Gasteiger partial charge on any atom is 0.274 e. The number of carbonyl (C=O) groups excluding carboxylic acids is 1. The molecular weight excluding hydrogens is 228 g/mol. The second-order valence-electron chi connectivity index (χ2n) is 5.22. The predicted molar refractivity (Wildman–Crippen MR) is 70.7 cm³/mol. The van der Waals surface area contributed by atoms with Crippen molar-refractivity contribution in [2.75, 3.05) is 20.1 Å². The number of aromatic amines is 1. The summed E-state index contributed by atoms with van der Waals surface area (Å²) in [4.78, 5) is 14.3. The van der Waals surface area contributed by atoms with Crippen LogP contribution in [-0.2, 0) is 0 Å². The summed E-state index contributed by atoms with van der Waals surface area (Å²) in [5, 5.41) is 10.2. The second-order valence-corrected chi connectivity index (χ2v) is 5.22. The summed E-state index contributed by atoms with van der Waals surface area (Å²) in [6.45, 7) is 5.87. The molecule has 1 aromatic heterocycles. The van der Waals surface area contributed by atoms with Gasteiger partial charge in [0, 0.05) is 24.8 Å². The van der Waals surface area contributed by atoms with E-state index in [1.807, 2.05) is 18.0 Å². The average Bonchev–Trinajstić information content (AvgIpc) is 2.97. The maximum atomic E-state index is 12.4. The molecule has 100 valence electrons. The van der Waals surface area contributed by atoms with Gasteiger partial charge in [-0.3, -0.25) is 9.89 Å². The first-order valence-electron chi connectivity index (χ1n) is 6.64. The number of carbonyl (C=O) groups is 1. The Morgan fingerprint density at radius 1 is 1.67 bits per heavy atom. The van der Waals surface area contributed by atoms with Crippen molar-refractivity contribution in [2.45, 2.75) is 38.6 Å². The molecule has 1 saturated heterocycles. The van der Waals surface area contributed by atoms with Crippen molar-refractivity contribution in [3.63, 3.8) is 0 Å². The lowest BCUT2D eigenvalue weighted by atomic mass is 10.1. The van der Waals surface area contributed by atoms with Crippen LogP contribution in [0.1, 0.15) is 48.8 Å². The molecule has 0 radical (unpaired) electrons. The summed E-state index contributed by atoms with van der Waals surface area (Å²) in [6, 6.07) is 2.18. The zero-order chi connectivity index (χ0) is 13.1. The van der Waals surface area contributed by atoms with E-state index in [0.717, 1.165) is 31.6 Å². The Hall–Kier alpha value is -1.36. The summed E-state index contributed by atoms with van der Waals surface area (Å²) in [5.74, 6) is 0.418. The lowest BCUT2D eigenvalue weighted by Gasteiger charge is -2.23. The van der Waals surface area contributed by atoms with Crippen LogP contribution in [0, 0.1) is 0 Å². The van der Waals surface area contributed by atoms with Crippen LogP contribution in [0.3, 0.4) is 0 Å². The number of rotatable bonds is 4. The van der Waals surface area contributed by atoms with Crippen molar-refractivity contribution in [3.8, 4) is 0 Å². The Balaban J connectivity index is 2.09. The van der Waals surface area contributed by atoms with E-state index >= 15 is 0 Å². The van der Waals surface area contributed by atoms with Gasteiger partial charge in [0.25, 0.3) is 5.91 Å². The van der Waals surface area contributed by atoms with Gasteiger partial charge < -0.3 is 10.2 Å². The summed E-state index contributed by atoms with van der Waals surface area (Å²) in [7, 11) is 1.92. The van der Waals surface area contributed by atoms with Crippen molar-refractivity contribution < 1.29 is 4.79 Å². The number of H-pyrrole nitrogens is 1. The molecule has 1 fully saturated rings. The van der Waals surface area contributed by atoms with E-state index in [9.17, 15) is 4.79 Å². The van der Waals surface area contributed by atoms with Crippen molar-refractivity contribution in [2.24, 2.45) is 0 Å². The topological polar surface area (TPSA) is 61.0 Å². The normalized spacial score (nSPS) is 19.8. The monoisotopic (exact) mass is 250 g/mol. The highest BCUT2D eigenvalue weighted by atomic mass is 16.2. The van der Waals surface area contributed by atoms with Crippen molar-refractivity contribution in [1.82, 2.24) is 20.4 Å². The number of hydrogen-bond donors (Lipinski definition) is 2. The molecule has 0 saturated carbocycles. The second kappa shape index (κ2) is 5.52. The fourth-order valence-electron chi connectivity index (χ4n) is 2.44. The molecule has 5 heteroatoms. The predicted octanol–water partition coefficient (Wildman–Crippen LogP) is 1.36. The van der Waals surface area contributed by atoms with Gasteiger partial charge in [-0.1, -0.05) is 13.8 Å². The Morgan fingerprint density at radius 2 is 2.44 bits per heavy atom. The molecule has 2 rings (SSSR count). The first-order chi connectivity index (χ1) is 8.63. The van der Waals surface area contributed by atoms with Gasteiger partial charge in [0.05, 0.1) is 0 Å². The van der Waals surface area contributed by atoms with E-state index in [-0.39, 0.29) is 5.91 Å². The van der Waals surface area contributed by atoms with Gasteiger partial charge in [-0.15, -0.1) is 0 Å². The Labute approximate surface area is 108 Å². The molecule has 2 N–H and O–H groups in total. The molecule has 2 heterocycles. The summed E-state index contributed by atoms with van der Waals surface area (Å²) < 4.78 is 0. The Kier molecular flexibility index (Phi) is 4.01. The Morgan fingerprint density at radius 3 is 3.06 bits per heavy atom. The minimum Gasteiger partial charge on any atom is -0.333 e. The molecule has 0 spiro atoms. The van der Waals surface area contributed by atoms with Crippen LogP contribution < -0.4 is 5.32 Å². The fraction of sp³-hybridized carbons (Fsp3) is 0.692. The van der Waals surface area contributed by atoms with Gasteiger partial charge >= 0.3 is 0 Å². The lowest BCUT2D eigenvalue weighted by Crippen LogP contribution is -2.41. The molecule has 1 aromatic rings. The number of hydrogen-bond acceptors (Lipinski definition) is 3. The standard InChI is InChI=1S/C13H22N4O/c1-9(2)11-7-12(16-15-11)13(18)17-6-4-5-10(17)8-14-3/h7,9-10,14H,4-6,8H2,1-3H3,(H,15,16). The number of likely N-dealkylation sites (N-methyl/N-ethyl adjacent to an activating group) is 1. The number of amides is 1. The van der Waals surface area contributed by atoms with Crippen LogP contribution in [0.5, 0.6) is 0 Å². The quantitative estimate of drug-likeness (QED) is 0.848. The highest BCUT2D eigenvalue weighted by molar-refractivity contribution is 5.92. The van der Waals surface area contributed by atoms with E-state index in [0.29, 0.717) is 17.7 Å². The minimum atomic E-state index is 0.0518. The average molecular weight is 250 g/mol. The van der Waals surface area contributed by atoms with Crippen LogP contribution in [0.2, 0.25) is 0 Å². The third-order valence-corrected chi connectivity index (χ3v) is 3.52. The molecule has 0 aromatic carbocycles. The fourth-order valence-corrected chi connectivity index (χ4v) is 2.44. The van der Waals surface area contributed by atoms with Crippen LogP contribution in [0.15, 0.2) is 6.07 Å². The SMILES string of the molecule is CNCC1CCCN1C(=O)c1cc(C(C)C)[nH]n1. The highest BCUT2D eigenvalue weighted by Crippen LogP contribution is 2.20. The van der Waals surface area contributed by atoms with E-state index in [1.54, 1.807) is 0 Å². The summed E-state index contributed by atoms with van der Waals surface area (Å²) in [6.07, 6.45) is 2.16. The molecule has 18 heavy (non-hydrogen) atoms. The third-order valence-electron chi connectivity index (χ3n) is 3.52. The third kappa shape index (κ3) is 2.56. The van der Waals surface area contributed by atoms with Crippen LogP contribution in [-0.4, -0.2) is 47.2 Å². The first-order valence-corrected chi connectivity index (χ1v) is 6.64. The zero-order valence-corrected chi connectivity index (χ0v) is 11.4. The van der Waals surface area contributed by atoms with Gasteiger partial charge in [0.2, 0.25) is 0 Å². The molecular formula is C13H22N4O. The van der Waals surface area contributed by atoms with Crippen LogP contribution >= 0.6 is 0 Å². The molecule has 1 aliphatic heterocycles. The lowest BCUT2D eigenvalue weighted by molar-refractivity contribution is 0.0731. The number of nitrogens with one attached hydrogen (secondary N) is 2. The maximum absolute atomic E-state index is 12.4. The first kappa shape index (κ1) is 13.1. The largest absolute Gasteiger partial charge is 0.333 e. The van der Waals surface area contributed by atoms with Crippen molar-refractivity contribution >= 4 is 5.91 Å². The molecule has 1 amide bonds. The molecule has 5 nitrogen and oxygen atoms in total. The molecule has 1 aliphatic rings. The number of nitrogens with zero attached hydrogens (tertiary/aromatic N) is 2. The van der Waals surface area contributed by atoms with Gasteiger partial charge in [-0.25, -0.2) is 0 Å². The van der Waals surface area contributed by atoms with E-state index in [2.05, 4.69) is 29.4 Å². The van der Waals surface area contributed by atoms with Gasteiger partial charge in [-0.2, -0.15) is 5.10 Å². The highest BCUT2D eigenvalue weighted by Gasteiger charge is 2.30. The minimum absolute atomic E-state index is 0.0518. The number of likely N-dealkylation sites (tertiary alicyclic amines) is 1. The summed E-state index contributed by atoms with van der Waals surface area (Å²) >= 11 is 0. The van der Waals surface area contributed by atoms with E-state index in [4.69, 9.17) is 0 Å². The van der Waals surface area contributed by atoms with E-state index < -0.39 is 0 Å². The summed E-state index contributed by atoms with van der Waals surface area (Å²) in [5.41, 5.74) is 1.56. The molecule has 0 bridgehead atoms. The molecule has 0 aliphatic carbocycles. The van der Waals surface area contributed by atoms with Crippen LogP contribution in [0.25, 0.3) is 0 Å². The Bertz CT molecular complexity index is 413. The molecule has 1 unspecified atom stereocenters. The van der Waals surface area contributed by atoms with Gasteiger partial charge in [0.15, 0.2) is 0 Å². The van der Waals surface area contributed by atoms with E-state index in [1.165, 1.54) is 0 Å². The van der Waals surface area contributed by atoms with Crippen molar-refractivity contribution in [1.29, 1.82) is 0 Å². The smallest absolute Gasteiger partial charge is 0.274 e. The van der Waals surface area contributed by atoms with Crippen LogP contribution in [0.4, 0.5) is 0 Å². The van der Waals surface area contributed by atoms with Crippen molar-refractivity contribution in [3.05, 3.63) is 17.5 Å². The number of aromatic nitrogens is 2. The van der Waals surface area contributed by atoms with Gasteiger partial charge in [-0.05, 0) is 31.9 Å².